The van der Waals surface area contributed by atoms with Gasteiger partial charge in [0.05, 0.1) is 0 Å². The lowest BCUT2D eigenvalue weighted by atomic mass is 9.96. The predicted octanol–water partition coefficient (Wildman–Crippen LogP) is 9.47. The summed E-state index contributed by atoms with van der Waals surface area (Å²) in [5.74, 6) is -4.78. The quantitative estimate of drug-likeness (QED) is 0.0282. The Labute approximate surface area is 481 Å². The largest absolute Gasteiger partial charge is 0.462 e. The van der Waals surface area contributed by atoms with Crippen LogP contribution in [0, 0.1) is 11.8 Å². The number of nitrogens with one attached hydrogen (secondary N) is 2. The summed E-state index contributed by atoms with van der Waals surface area (Å²) < 4.78 is 33.9. The number of hydrogen-bond donors (Lipinski definition) is 2. The topological polar surface area (TPSA) is 219 Å². The first kappa shape index (κ1) is 64.6. The van der Waals surface area contributed by atoms with Crippen LogP contribution >= 0.6 is 0 Å². The van der Waals surface area contributed by atoms with Gasteiger partial charge in [-0.1, -0.05) is 179 Å². The van der Waals surface area contributed by atoms with Gasteiger partial charge in [0, 0.05) is 32.1 Å². The van der Waals surface area contributed by atoms with E-state index in [1.54, 1.807) is 53.4 Å². The highest BCUT2D eigenvalue weighted by molar-refractivity contribution is 5.86. The van der Waals surface area contributed by atoms with Crippen molar-refractivity contribution in [3.63, 3.8) is 0 Å². The Balaban J connectivity index is 1.31. The fourth-order valence-corrected chi connectivity index (χ4v) is 8.92. The van der Waals surface area contributed by atoms with E-state index in [1.165, 1.54) is 0 Å². The molecule has 5 aromatic rings. The molecule has 0 spiro atoms. The van der Waals surface area contributed by atoms with Crippen molar-refractivity contribution < 1.29 is 66.8 Å². The number of carbonyl (C=O) groups is 8. The summed E-state index contributed by atoms with van der Waals surface area (Å²) in [7, 11) is 0. The Morgan fingerprint density at radius 2 is 0.683 bits per heavy atom. The van der Waals surface area contributed by atoms with E-state index in [0.29, 0.717) is 0 Å². The van der Waals surface area contributed by atoms with Crippen LogP contribution in [0.5, 0.6) is 0 Å². The molecule has 0 heterocycles. The average molecular weight is 1130 g/mol. The third-order valence-corrected chi connectivity index (χ3v) is 13.3. The fourth-order valence-electron chi connectivity index (χ4n) is 8.92. The Hall–Kier alpha value is -8.18. The van der Waals surface area contributed by atoms with Crippen molar-refractivity contribution in [2.75, 3.05) is 13.1 Å². The normalized spacial score (nSPS) is 12.2. The first-order valence-corrected chi connectivity index (χ1v) is 28.2. The second-order valence-electron chi connectivity index (χ2n) is 20.6. The standard InChI is InChI=1S/C65H79N3O14/c1-47(2)62(48(3)4)82-61(73)39-36-56(65(76)81-46-53-30-18-9-19-31-53)68(40-20-32-57(69)66-54(63(74)79-44-51-26-14-7-15-27-51)34-37-59(71)77-42-49-22-10-5-11-23-49)41-21-33-58(70)67-55(64(75)80-45-52-28-16-8-17-29-52)35-38-60(72)78-43-50-24-12-6-13-25-50/h5-19,22-31,47-48,54-56,62H,20-21,32-46H2,1-4H3,(H,66,69)(H,67,70)/t54-,55-,56-/m0/s1. The van der Waals surface area contributed by atoms with Crippen LogP contribution in [0.4, 0.5) is 0 Å². The molecule has 5 aromatic carbocycles. The van der Waals surface area contributed by atoms with Crippen LogP contribution in [0.25, 0.3) is 0 Å². The Bertz CT molecular complexity index is 2580. The van der Waals surface area contributed by atoms with Crippen LogP contribution in [-0.2, 0) is 99.8 Å². The van der Waals surface area contributed by atoms with Crippen LogP contribution in [0.1, 0.15) is 120 Å². The van der Waals surface area contributed by atoms with Crippen molar-refractivity contribution >= 4 is 47.6 Å². The molecule has 438 valence electrons. The highest BCUT2D eigenvalue weighted by Crippen LogP contribution is 2.21. The van der Waals surface area contributed by atoms with Crippen LogP contribution in [0.3, 0.4) is 0 Å². The van der Waals surface area contributed by atoms with Gasteiger partial charge in [-0.2, -0.15) is 0 Å². The molecule has 0 fully saturated rings. The van der Waals surface area contributed by atoms with Crippen molar-refractivity contribution in [2.24, 2.45) is 11.8 Å². The second-order valence-corrected chi connectivity index (χ2v) is 20.6. The molecule has 82 heavy (non-hydrogen) atoms. The van der Waals surface area contributed by atoms with E-state index < -0.39 is 65.8 Å². The maximum absolute atomic E-state index is 14.3. The molecule has 0 aliphatic rings. The van der Waals surface area contributed by atoms with E-state index in [-0.39, 0.29) is 128 Å². The zero-order valence-electron chi connectivity index (χ0n) is 47.6. The minimum Gasteiger partial charge on any atom is -0.462 e. The highest BCUT2D eigenvalue weighted by atomic mass is 16.6. The van der Waals surface area contributed by atoms with Gasteiger partial charge < -0.3 is 39.1 Å². The smallest absolute Gasteiger partial charge is 0.328 e. The molecule has 5 rings (SSSR count). The third kappa shape index (κ3) is 25.1. The lowest BCUT2D eigenvalue weighted by molar-refractivity contribution is -0.157. The molecular formula is C65H79N3O14. The first-order chi connectivity index (χ1) is 39.6. The maximum Gasteiger partial charge on any atom is 0.328 e. The van der Waals surface area contributed by atoms with E-state index >= 15 is 0 Å². The molecular weight excluding hydrogens is 1050 g/mol. The van der Waals surface area contributed by atoms with Crippen molar-refractivity contribution in [3.8, 4) is 0 Å². The number of amides is 2. The average Bonchev–Trinajstić information content (AvgIpc) is 3.48. The molecule has 3 atom stereocenters. The number of ether oxygens (including phenoxy) is 6. The Morgan fingerprint density at radius 1 is 0.378 bits per heavy atom. The molecule has 0 aliphatic carbocycles. The van der Waals surface area contributed by atoms with Gasteiger partial charge in [-0.3, -0.25) is 33.7 Å². The highest BCUT2D eigenvalue weighted by Gasteiger charge is 2.31. The van der Waals surface area contributed by atoms with Gasteiger partial charge in [0.1, 0.15) is 57.3 Å². The SMILES string of the molecule is CC(C)C(OC(=O)CC[C@@H](C(=O)OCc1ccccc1)N(CCCC(=O)N[C@@H](CCC(=O)OCc1ccccc1)C(=O)OCc1ccccc1)CCCC(=O)N[C@@H](CCC(=O)OCc1ccccc1)C(=O)OCc1ccccc1)C(C)C. The first-order valence-electron chi connectivity index (χ1n) is 28.2. The van der Waals surface area contributed by atoms with Crippen LogP contribution < -0.4 is 10.6 Å². The molecule has 0 radical (unpaired) electrons. The number of rotatable bonds is 36. The molecule has 0 unspecified atom stereocenters. The molecule has 2 amide bonds. The number of esters is 6. The molecule has 0 aromatic heterocycles. The van der Waals surface area contributed by atoms with E-state index in [4.69, 9.17) is 28.4 Å². The van der Waals surface area contributed by atoms with Gasteiger partial charge in [-0.25, -0.2) is 9.59 Å². The summed E-state index contributed by atoms with van der Waals surface area (Å²) in [6, 6.07) is 41.9. The van der Waals surface area contributed by atoms with Gasteiger partial charge in [-0.15, -0.1) is 0 Å². The maximum atomic E-state index is 14.3. The molecule has 17 nitrogen and oxygen atoms in total. The summed E-state index contributed by atoms with van der Waals surface area (Å²) in [5.41, 5.74) is 3.75. The van der Waals surface area contributed by atoms with Gasteiger partial charge in [0.25, 0.3) is 0 Å². The van der Waals surface area contributed by atoms with E-state index in [0.717, 1.165) is 27.8 Å². The minimum atomic E-state index is -1.21. The number of nitrogens with zero attached hydrogens (tertiary/aromatic N) is 1. The monoisotopic (exact) mass is 1130 g/mol. The van der Waals surface area contributed by atoms with Crippen LogP contribution in [0.2, 0.25) is 0 Å². The molecule has 0 bridgehead atoms. The summed E-state index contributed by atoms with van der Waals surface area (Å²) in [4.78, 5) is 110. The predicted molar refractivity (Wildman–Crippen MR) is 306 cm³/mol. The second kappa shape index (κ2) is 36.2. The lowest BCUT2D eigenvalue weighted by Gasteiger charge is -2.31. The summed E-state index contributed by atoms with van der Waals surface area (Å²) >= 11 is 0. The van der Waals surface area contributed by atoms with Gasteiger partial charge in [0.15, 0.2) is 0 Å². The number of hydrogen-bond acceptors (Lipinski definition) is 15. The van der Waals surface area contributed by atoms with Crippen molar-refractivity contribution in [3.05, 3.63) is 179 Å². The van der Waals surface area contributed by atoms with Crippen LogP contribution in [-0.4, -0.2) is 89.8 Å². The summed E-state index contributed by atoms with van der Waals surface area (Å²) in [6.07, 6.45) is -1.17. The zero-order valence-corrected chi connectivity index (χ0v) is 47.6. The molecule has 0 saturated carbocycles. The number of benzene rings is 5. The van der Waals surface area contributed by atoms with E-state index in [9.17, 15) is 38.4 Å². The van der Waals surface area contributed by atoms with Crippen molar-refractivity contribution in [1.29, 1.82) is 0 Å². The van der Waals surface area contributed by atoms with Gasteiger partial charge in [0.2, 0.25) is 11.8 Å². The summed E-state index contributed by atoms with van der Waals surface area (Å²) in [5, 5.41) is 5.49. The van der Waals surface area contributed by atoms with Crippen molar-refractivity contribution in [2.45, 2.75) is 149 Å². The lowest BCUT2D eigenvalue weighted by Crippen LogP contribution is -2.45. The minimum absolute atomic E-state index is 0.0286. The number of carbonyl (C=O) groups excluding carboxylic acids is 8. The molecule has 0 aliphatic heterocycles. The van der Waals surface area contributed by atoms with Gasteiger partial charge in [-0.05, 0) is 84.8 Å². The molecule has 17 heteroatoms. The van der Waals surface area contributed by atoms with Crippen LogP contribution in [0.15, 0.2) is 152 Å². The third-order valence-electron chi connectivity index (χ3n) is 13.3. The van der Waals surface area contributed by atoms with E-state index in [1.807, 2.05) is 131 Å². The Morgan fingerprint density at radius 3 is 1.01 bits per heavy atom. The van der Waals surface area contributed by atoms with Crippen molar-refractivity contribution in [1.82, 2.24) is 15.5 Å². The molecule has 2 N–H and O–H groups in total. The fraction of sp³-hybridized carbons (Fsp3) is 0.415. The van der Waals surface area contributed by atoms with Gasteiger partial charge >= 0.3 is 35.8 Å². The zero-order chi connectivity index (χ0) is 58.9. The Kier molecular flexibility index (Phi) is 28.6. The summed E-state index contributed by atoms with van der Waals surface area (Å²) in [6.45, 7) is 7.90. The molecule has 0 saturated heterocycles. The van der Waals surface area contributed by atoms with E-state index in [2.05, 4.69) is 10.6 Å².